The second-order valence-electron chi connectivity index (χ2n) is 6.28. The number of fused-ring (bicyclic) bond motifs is 1. The molecule has 3 N–H and O–H groups in total. The van der Waals surface area contributed by atoms with E-state index in [1.165, 1.54) is 12.1 Å². The molecule has 152 valence electrons. The van der Waals surface area contributed by atoms with Gasteiger partial charge in [0.2, 0.25) is 10.0 Å². The summed E-state index contributed by atoms with van der Waals surface area (Å²) in [6.07, 6.45) is 1.73. The van der Waals surface area contributed by atoms with Crippen molar-refractivity contribution in [3.8, 4) is 11.5 Å². The van der Waals surface area contributed by atoms with Crippen LogP contribution in [0.4, 0.5) is 5.69 Å². The summed E-state index contributed by atoms with van der Waals surface area (Å²) in [4.78, 5) is -0.448. The molecular formula is C17H19ClN2O6S2. The van der Waals surface area contributed by atoms with Gasteiger partial charge in [-0.3, -0.25) is 0 Å². The molecule has 0 aromatic heterocycles. The number of nitrogens with two attached hydrogens (primary N) is 1. The van der Waals surface area contributed by atoms with Crippen molar-refractivity contribution in [3.63, 3.8) is 0 Å². The fourth-order valence-electron chi connectivity index (χ4n) is 2.72. The van der Waals surface area contributed by atoms with Crippen LogP contribution >= 0.6 is 11.6 Å². The fourth-order valence-corrected chi connectivity index (χ4v) is 4.50. The van der Waals surface area contributed by atoms with Gasteiger partial charge < -0.3 is 14.8 Å². The highest BCUT2D eigenvalue weighted by Gasteiger charge is 2.19. The lowest BCUT2D eigenvalue weighted by Gasteiger charge is -2.14. The van der Waals surface area contributed by atoms with E-state index in [2.05, 4.69) is 5.32 Å². The van der Waals surface area contributed by atoms with Gasteiger partial charge in [0.1, 0.15) is 0 Å². The number of ether oxygens (including phenoxy) is 2. The van der Waals surface area contributed by atoms with Crippen LogP contribution in [0.15, 0.2) is 40.1 Å². The van der Waals surface area contributed by atoms with Crippen molar-refractivity contribution in [3.05, 3.63) is 40.9 Å². The standard InChI is InChI=1S/C17H19ClN2O6S2/c1-27(21,22)16-9-12(28(19,23)24)3-4-14(16)20-10-11-7-13(18)17-15(8-11)25-5-2-6-26-17/h3-4,7-9,20H,2,5-6,10H2,1H3,(H2,19,23,24). The maximum absolute atomic E-state index is 12.1. The molecule has 1 aliphatic rings. The highest BCUT2D eigenvalue weighted by molar-refractivity contribution is 7.91. The maximum Gasteiger partial charge on any atom is 0.238 e. The Morgan fingerprint density at radius 1 is 1.11 bits per heavy atom. The lowest BCUT2D eigenvalue weighted by Crippen LogP contribution is -2.14. The molecule has 0 spiro atoms. The lowest BCUT2D eigenvalue weighted by atomic mass is 10.2. The van der Waals surface area contributed by atoms with Crippen LogP contribution in [-0.4, -0.2) is 36.3 Å². The van der Waals surface area contributed by atoms with Gasteiger partial charge in [0.25, 0.3) is 0 Å². The topological polar surface area (TPSA) is 125 Å². The lowest BCUT2D eigenvalue weighted by molar-refractivity contribution is 0.297. The van der Waals surface area contributed by atoms with Gasteiger partial charge in [0.05, 0.1) is 33.7 Å². The second-order valence-corrected chi connectivity index (χ2v) is 10.2. The number of sulfonamides is 1. The van der Waals surface area contributed by atoms with Crippen molar-refractivity contribution in [1.82, 2.24) is 0 Å². The highest BCUT2D eigenvalue weighted by Crippen LogP contribution is 2.38. The van der Waals surface area contributed by atoms with Gasteiger partial charge in [-0.2, -0.15) is 0 Å². The molecule has 2 aromatic rings. The summed E-state index contributed by atoms with van der Waals surface area (Å²) in [5.41, 5.74) is 0.988. The summed E-state index contributed by atoms with van der Waals surface area (Å²) in [5, 5.41) is 8.48. The number of hydrogen-bond donors (Lipinski definition) is 2. The summed E-state index contributed by atoms with van der Waals surface area (Å²) < 4.78 is 58.5. The van der Waals surface area contributed by atoms with Crippen LogP contribution in [-0.2, 0) is 26.4 Å². The first-order chi connectivity index (χ1) is 13.1. The zero-order chi connectivity index (χ0) is 20.5. The van der Waals surface area contributed by atoms with E-state index in [-0.39, 0.29) is 22.0 Å². The molecule has 0 bridgehead atoms. The van der Waals surface area contributed by atoms with Crippen LogP contribution in [0.1, 0.15) is 12.0 Å². The molecule has 1 aliphatic heterocycles. The van der Waals surface area contributed by atoms with Gasteiger partial charge in [-0.05, 0) is 35.9 Å². The minimum absolute atomic E-state index is 0.167. The van der Waals surface area contributed by atoms with Gasteiger partial charge in [-0.1, -0.05) is 11.6 Å². The molecule has 0 fully saturated rings. The fraction of sp³-hybridized carbons (Fsp3) is 0.294. The van der Waals surface area contributed by atoms with Crippen molar-refractivity contribution in [2.24, 2.45) is 5.14 Å². The number of rotatable bonds is 5. The zero-order valence-corrected chi connectivity index (χ0v) is 17.3. The van der Waals surface area contributed by atoms with E-state index in [1.807, 2.05) is 0 Å². The van der Waals surface area contributed by atoms with Crippen molar-refractivity contribution in [1.29, 1.82) is 0 Å². The minimum atomic E-state index is -4.03. The Morgan fingerprint density at radius 3 is 2.50 bits per heavy atom. The molecule has 0 radical (unpaired) electrons. The van der Waals surface area contributed by atoms with Crippen molar-refractivity contribution >= 4 is 37.1 Å². The molecule has 0 saturated carbocycles. The number of halogens is 1. The van der Waals surface area contributed by atoms with Gasteiger partial charge in [-0.15, -0.1) is 0 Å². The second kappa shape index (κ2) is 7.78. The minimum Gasteiger partial charge on any atom is -0.489 e. The zero-order valence-electron chi connectivity index (χ0n) is 14.9. The average Bonchev–Trinajstić information content (AvgIpc) is 2.84. The molecule has 0 atom stereocenters. The van der Waals surface area contributed by atoms with Crippen LogP contribution in [0.25, 0.3) is 0 Å². The molecule has 0 aliphatic carbocycles. The number of sulfone groups is 1. The molecule has 0 unspecified atom stereocenters. The molecule has 8 nitrogen and oxygen atoms in total. The molecule has 28 heavy (non-hydrogen) atoms. The highest BCUT2D eigenvalue weighted by atomic mass is 35.5. The normalized spacial score (nSPS) is 14.4. The first kappa shape index (κ1) is 20.7. The van der Waals surface area contributed by atoms with E-state index in [0.717, 1.165) is 24.3 Å². The molecule has 11 heteroatoms. The van der Waals surface area contributed by atoms with E-state index in [0.29, 0.717) is 29.7 Å². The van der Waals surface area contributed by atoms with Gasteiger partial charge in [0, 0.05) is 19.2 Å². The molecule has 1 heterocycles. The molecular weight excluding hydrogens is 428 g/mol. The van der Waals surface area contributed by atoms with Gasteiger partial charge in [-0.25, -0.2) is 22.0 Å². The Kier molecular flexibility index (Phi) is 5.76. The van der Waals surface area contributed by atoms with Gasteiger partial charge >= 0.3 is 0 Å². The number of anilines is 1. The third-order valence-corrected chi connectivity index (χ3v) is 6.35. The summed E-state index contributed by atoms with van der Waals surface area (Å²) in [7, 11) is -7.73. The molecule has 3 rings (SSSR count). The number of nitrogens with one attached hydrogen (secondary N) is 1. The molecule has 2 aromatic carbocycles. The Labute approximate surface area is 168 Å². The van der Waals surface area contributed by atoms with E-state index in [1.54, 1.807) is 12.1 Å². The summed E-state index contributed by atoms with van der Waals surface area (Å²) in [6.45, 7) is 1.25. The first-order valence-electron chi connectivity index (χ1n) is 8.24. The first-order valence-corrected chi connectivity index (χ1v) is 12.1. The maximum atomic E-state index is 12.1. The van der Waals surface area contributed by atoms with E-state index < -0.39 is 19.9 Å². The Balaban J connectivity index is 1.91. The SMILES string of the molecule is CS(=O)(=O)c1cc(S(N)(=O)=O)ccc1NCc1cc(Cl)c2c(c1)OCCCO2. The molecule has 0 amide bonds. The summed E-state index contributed by atoms with van der Waals surface area (Å²) >= 11 is 6.27. The van der Waals surface area contributed by atoms with Crippen LogP contribution in [0, 0.1) is 0 Å². The smallest absolute Gasteiger partial charge is 0.238 e. The largest absolute Gasteiger partial charge is 0.489 e. The van der Waals surface area contributed by atoms with Gasteiger partial charge in [0.15, 0.2) is 21.3 Å². The van der Waals surface area contributed by atoms with Crippen LogP contribution in [0.2, 0.25) is 5.02 Å². The third kappa shape index (κ3) is 4.69. The van der Waals surface area contributed by atoms with Crippen LogP contribution in [0.3, 0.4) is 0 Å². The Hall–Kier alpha value is -2.01. The van der Waals surface area contributed by atoms with E-state index in [9.17, 15) is 16.8 Å². The summed E-state index contributed by atoms with van der Waals surface area (Å²) in [5.74, 6) is 1.01. The van der Waals surface area contributed by atoms with Crippen molar-refractivity contribution < 1.29 is 26.3 Å². The Morgan fingerprint density at radius 2 is 1.82 bits per heavy atom. The van der Waals surface area contributed by atoms with E-state index in [4.69, 9.17) is 26.2 Å². The van der Waals surface area contributed by atoms with Crippen LogP contribution < -0.4 is 19.9 Å². The van der Waals surface area contributed by atoms with E-state index >= 15 is 0 Å². The van der Waals surface area contributed by atoms with Crippen molar-refractivity contribution in [2.75, 3.05) is 24.8 Å². The summed E-state index contributed by atoms with van der Waals surface area (Å²) in [6, 6.07) is 7.10. The van der Waals surface area contributed by atoms with Crippen LogP contribution in [0.5, 0.6) is 11.5 Å². The average molecular weight is 447 g/mol. The monoisotopic (exact) mass is 446 g/mol. The predicted molar refractivity (Wildman–Crippen MR) is 105 cm³/mol. The van der Waals surface area contributed by atoms with Crippen molar-refractivity contribution in [2.45, 2.75) is 22.8 Å². The number of primary sulfonamides is 1. The Bertz CT molecular complexity index is 1120. The number of hydrogen-bond acceptors (Lipinski definition) is 7. The predicted octanol–water partition coefficient (Wildman–Crippen LogP) is 2.16. The quantitative estimate of drug-likeness (QED) is 0.720. The number of benzene rings is 2. The third-order valence-electron chi connectivity index (χ3n) is 4.03. The molecule has 0 saturated heterocycles.